The van der Waals surface area contributed by atoms with Gasteiger partial charge in [-0.05, 0) is 7.05 Å². The minimum Gasteiger partial charge on any atom is -0.393 e. The molecule has 0 bridgehead atoms. The summed E-state index contributed by atoms with van der Waals surface area (Å²) >= 11 is 6.50. The average Bonchev–Trinajstić information content (AvgIpc) is 2.74. The smallest absolute Gasteiger partial charge is 0.193 e. The highest BCUT2D eigenvalue weighted by molar-refractivity contribution is 7.80. The summed E-state index contributed by atoms with van der Waals surface area (Å²) in [7, 11) is 2.05. The van der Waals surface area contributed by atoms with Crippen molar-refractivity contribution >= 4 is 33.5 Å². The average molecular weight is 254 g/mol. The first-order valence-electron chi connectivity index (χ1n) is 5.03. The van der Waals surface area contributed by atoms with Gasteiger partial charge in [-0.15, -0.1) is 11.3 Å². The maximum absolute atomic E-state index is 5.47. The van der Waals surface area contributed by atoms with Crippen molar-refractivity contribution in [3.63, 3.8) is 0 Å². The third kappa shape index (κ3) is 2.78. The number of hydrogen-bond donors (Lipinski definition) is 1. The zero-order chi connectivity index (χ0) is 11.5. The molecule has 0 saturated heterocycles. The van der Waals surface area contributed by atoms with Crippen molar-refractivity contribution in [1.29, 1.82) is 0 Å². The van der Waals surface area contributed by atoms with Gasteiger partial charge in [0.15, 0.2) is 4.96 Å². The number of aromatic nitrogens is 2. The Morgan fingerprint density at radius 3 is 3.19 bits per heavy atom. The minimum absolute atomic E-state index is 0.567. The molecule has 2 rings (SSSR count). The van der Waals surface area contributed by atoms with Crippen LogP contribution in [0, 0.1) is 0 Å². The molecule has 0 radical (unpaired) electrons. The third-order valence-electron chi connectivity index (χ3n) is 2.31. The second-order valence-corrected chi connectivity index (χ2v) is 5.18. The number of hydrogen-bond acceptors (Lipinski definition) is 4. The maximum Gasteiger partial charge on any atom is 0.193 e. The number of fused-ring (bicyclic) bond motifs is 1. The molecule has 0 aromatic carbocycles. The summed E-state index contributed by atoms with van der Waals surface area (Å²) in [6, 6.07) is 0. The summed E-state index contributed by atoms with van der Waals surface area (Å²) in [5, 5.41) is 2.03. The van der Waals surface area contributed by atoms with Crippen LogP contribution in [-0.4, -0.2) is 32.9 Å². The van der Waals surface area contributed by atoms with Gasteiger partial charge in [0.1, 0.15) is 0 Å². The van der Waals surface area contributed by atoms with Gasteiger partial charge in [-0.1, -0.05) is 12.2 Å². The monoisotopic (exact) mass is 254 g/mol. The Morgan fingerprint density at radius 2 is 2.50 bits per heavy atom. The van der Waals surface area contributed by atoms with E-state index in [-0.39, 0.29) is 0 Å². The largest absolute Gasteiger partial charge is 0.393 e. The lowest BCUT2D eigenvalue weighted by molar-refractivity contribution is 0.334. The van der Waals surface area contributed by atoms with E-state index in [0.717, 1.165) is 30.2 Å². The van der Waals surface area contributed by atoms with Gasteiger partial charge >= 0.3 is 0 Å². The van der Waals surface area contributed by atoms with Crippen molar-refractivity contribution < 1.29 is 0 Å². The van der Waals surface area contributed by atoms with Gasteiger partial charge in [0.25, 0.3) is 0 Å². The van der Waals surface area contributed by atoms with Crippen molar-refractivity contribution in [3.05, 3.63) is 23.5 Å². The topological polar surface area (TPSA) is 46.6 Å². The van der Waals surface area contributed by atoms with Crippen molar-refractivity contribution in [2.24, 2.45) is 5.73 Å². The van der Waals surface area contributed by atoms with Gasteiger partial charge in [0.05, 0.1) is 10.7 Å². The van der Waals surface area contributed by atoms with Gasteiger partial charge in [-0.3, -0.25) is 4.40 Å². The molecule has 0 aliphatic rings. The molecule has 0 atom stereocenters. The van der Waals surface area contributed by atoms with E-state index >= 15 is 0 Å². The Hall–Kier alpha value is -0.980. The molecule has 0 aliphatic carbocycles. The summed E-state index contributed by atoms with van der Waals surface area (Å²) < 4.78 is 2.04. The molecule has 2 N–H and O–H groups in total. The van der Waals surface area contributed by atoms with Crippen LogP contribution in [-0.2, 0) is 6.54 Å². The highest BCUT2D eigenvalue weighted by atomic mass is 32.1. The number of nitrogens with two attached hydrogens (primary N) is 1. The van der Waals surface area contributed by atoms with Crippen LogP contribution in [0.15, 0.2) is 17.8 Å². The van der Waals surface area contributed by atoms with Crippen molar-refractivity contribution in [3.8, 4) is 0 Å². The molecule has 2 heterocycles. The molecule has 0 amide bonds. The van der Waals surface area contributed by atoms with Gasteiger partial charge < -0.3 is 10.6 Å². The number of thiocarbonyl (C=S) groups is 1. The molecule has 16 heavy (non-hydrogen) atoms. The highest BCUT2D eigenvalue weighted by Gasteiger charge is 2.05. The molecule has 6 heteroatoms. The fraction of sp³-hybridized carbons (Fsp3) is 0.400. The normalized spacial score (nSPS) is 11.4. The van der Waals surface area contributed by atoms with Gasteiger partial charge in [0.2, 0.25) is 0 Å². The summed E-state index contributed by atoms with van der Waals surface area (Å²) in [5.74, 6) is 0. The van der Waals surface area contributed by atoms with Crippen LogP contribution in [0.2, 0.25) is 0 Å². The van der Waals surface area contributed by atoms with E-state index in [1.165, 1.54) is 0 Å². The van der Waals surface area contributed by atoms with Crippen molar-refractivity contribution in [1.82, 2.24) is 14.3 Å². The maximum atomic E-state index is 5.47. The Morgan fingerprint density at radius 1 is 1.69 bits per heavy atom. The molecule has 0 fully saturated rings. The standard InChI is InChI=1S/C10H14N4S2/c1-13(3-2-9(11)15)6-8-7-14-4-5-16-10(14)12-8/h4-5,7H,2-3,6H2,1H3,(H2,11,15). The second kappa shape index (κ2) is 4.90. The molecular weight excluding hydrogens is 240 g/mol. The van der Waals surface area contributed by atoms with Crippen LogP contribution < -0.4 is 5.73 Å². The number of thiazole rings is 1. The van der Waals surface area contributed by atoms with E-state index in [1.54, 1.807) is 11.3 Å². The first-order valence-corrected chi connectivity index (χ1v) is 6.32. The lowest BCUT2D eigenvalue weighted by Crippen LogP contribution is -2.23. The predicted octanol–water partition coefficient (Wildman–Crippen LogP) is 1.50. The predicted molar refractivity (Wildman–Crippen MR) is 70.8 cm³/mol. The van der Waals surface area contributed by atoms with Crippen LogP contribution in [0.1, 0.15) is 12.1 Å². The summed E-state index contributed by atoms with van der Waals surface area (Å²) in [5.41, 5.74) is 6.55. The highest BCUT2D eigenvalue weighted by Crippen LogP contribution is 2.12. The lowest BCUT2D eigenvalue weighted by atomic mass is 10.3. The van der Waals surface area contributed by atoms with Crippen LogP contribution >= 0.6 is 23.6 Å². The molecular formula is C10H14N4S2. The third-order valence-corrected chi connectivity index (χ3v) is 3.29. The zero-order valence-electron chi connectivity index (χ0n) is 9.09. The number of nitrogens with zero attached hydrogens (tertiary/aromatic N) is 3. The van der Waals surface area contributed by atoms with Crippen molar-refractivity contribution in [2.75, 3.05) is 13.6 Å². The van der Waals surface area contributed by atoms with E-state index in [9.17, 15) is 0 Å². The Bertz CT molecular complexity index is 459. The molecule has 0 spiro atoms. The number of imidazole rings is 1. The molecule has 0 unspecified atom stereocenters. The zero-order valence-corrected chi connectivity index (χ0v) is 10.7. The minimum atomic E-state index is 0.567. The van der Waals surface area contributed by atoms with E-state index in [0.29, 0.717) is 4.99 Å². The van der Waals surface area contributed by atoms with Gasteiger partial charge in [0, 0.05) is 37.3 Å². The molecule has 0 saturated carbocycles. The van der Waals surface area contributed by atoms with E-state index in [1.807, 2.05) is 23.0 Å². The van der Waals surface area contributed by atoms with Crippen molar-refractivity contribution in [2.45, 2.75) is 13.0 Å². The Labute approximate surface area is 104 Å². The lowest BCUT2D eigenvalue weighted by Gasteiger charge is -2.14. The van der Waals surface area contributed by atoms with E-state index < -0.39 is 0 Å². The fourth-order valence-corrected chi connectivity index (χ4v) is 2.32. The van der Waals surface area contributed by atoms with Crippen LogP contribution in [0.25, 0.3) is 4.96 Å². The first-order chi connectivity index (χ1) is 7.65. The molecule has 86 valence electrons. The number of rotatable bonds is 5. The van der Waals surface area contributed by atoms with E-state index in [2.05, 4.69) is 16.1 Å². The summed E-state index contributed by atoms with van der Waals surface area (Å²) in [6.45, 7) is 1.71. The Balaban J connectivity index is 1.94. The summed E-state index contributed by atoms with van der Waals surface area (Å²) in [6.07, 6.45) is 4.84. The molecule has 0 aliphatic heterocycles. The quantitative estimate of drug-likeness (QED) is 0.822. The van der Waals surface area contributed by atoms with Crippen LogP contribution in [0.4, 0.5) is 0 Å². The van der Waals surface area contributed by atoms with Gasteiger partial charge in [-0.2, -0.15) is 0 Å². The fourth-order valence-electron chi connectivity index (χ4n) is 1.51. The summed E-state index contributed by atoms with van der Waals surface area (Å²) in [4.78, 5) is 8.29. The first kappa shape index (κ1) is 11.5. The Kier molecular flexibility index (Phi) is 3.52. The molecule has 2 aromatic heterocycles. The van der Waals surface area contributed by atoms with Crippen LogP contribution in [0.3, 0.4) is 0 Å². The van der Waals surface area contributed by atoms with Gasteiger partial charge in [-0.25, -0.2) is 4.98 Å². The van der Waals surface area contributed by atoms with Crippen LogP contribution in [0.5, 0.6) is 0 Å². The van der Waals surface area contributed by atoms with E-state index in [4.69, 9.17) is 18.0 Å². The molecule has 2 aromatic rings. The SMILES string of the molecule is CN(CCC(N)=S)Cc1cn2ccsc2n1. The molecule has 4 nitrogen and oxygen atoms in total. The second-order valence-electron chi connectivity index (χ2n) is 3.78.